The van der Waals surface area contributed by atoms with Crippen molar-refractivity contribution in [2.75, 3.05) is 20.1 Å². The van der Waals surface area contributed by atoms with Gasteiger partial charge in [-0.25, -0.2) is 0 Å². The average molecular weight is 292 g/mol. The van der Waals surface area contributed by atoms with Crippen LogP contribution >= 0.6 is 11.3 Å². The molecule has 1 aromatic heterocycles. The topological polar surface area (TPSA) is 44.9 Å². The lowest BCUT2D eigenvalue weighted by molar-refractivity contribution is 0.196. The van der Waals surface area contributed by atoms with E-state index in [-0.39, 0.29) is 0 Å². The molecule has 0 aromatic carbocycles. The first-order chi connectivity index (χ1) is 9.65. The molecule has 1 saturated carbocycles. The Labute approximate surface area is 125 Å². The molecule has 0 amide bonds. The molecule has 1 atom stereocenters. The van der Waals surface area contributed by atoms with E-state index in [1.807, 2.05) is 11.3 Å². The van der Waals surface area contributed by atoms with Crippen LogP contribution in [0.2, 0.25) is 0 Å². The number of hydrogen-bond donors (Lipinski definition) is 1. The highest BCUT2D eigenvalue weighted by atomic mass is 32.1. The molecule has 2 aliphatic rings. The number of fused-ring (bicyclic) bond motifs is 1. The van der Waals surface area contributed by atoms with Crippen molar-refractivity contribution in [2.45, 2.75) is 44.8 Å². The summed E-state index contributed by atoms with van der Waals surface area (Å²) in [6.07, 6.45) is 3.70. The smallest absolute Gasteiger partial charge is 0.191 e. The molecule has 4 nitrogen and oxygen atoms in total. The van der Waals surface area contributed by atoms with Gasteiger partial charge in [0.15, 0.2) is 5.96 Å². The molecule has 1 aromatic rings. The molecule has 0 spiro atoms. The van der Waals surface area contributed by atoms with Gasteiger partial charge in [-0.1, -0.05) is 0 Å². The first-order valence-corrected chi connectivity index (χ1v) is 8.35. The maximum Gasteiger partial charge on any atom is 0.191 e. The molecule has 0 saturated heterocycles. The molecule has 0 bridgehead atoms. The lowest BCUT2D eigenvalue weighted by atomic mass is 10.1. The molecular weight excluding hydrogens is 268 g/mol. The van der Waals surface area contributed by atoms with Crippen LogP contribution in [0.5, 0.6) is 0 Å². The van der Waals surface area contributed by atoms with Crippen LogP contribution in [-0.4, -0.2) is 48.0 Å². The second-order valence-electron chi connectivity index (χ2n) is 5.98. The number of nitrogens with two attached hydrogens (primary N) is 1. The molecule has 5 heteroatoms. The van der Waals surface area contributed by atoms with Gasteiger partial charge in [0.05, 0.1) is 6.54 Å². The maximum absolute atomic E-state index is 6.06. The average Bonchev–Trinajstić information content (AvgIpc) is 3.20. The maximum atomic E-state index is 6.06. The highest BCUT2D eigenvalue weighted by molar-refractivity contribution is 7.10. The van der Waals surface area contributed by atoms with Crippen LogP contribution in [0.4, 0.5) is 0 Å². The highest BCUT2D eigenvalue weighted by Crippen LogP contribution is 2.26. The highest BCUT2D eigenvalue weighted by Gasteiger charge is 2.27. The van der Waals surface area contributed by atoms with Gasteiger partial charge in [-0.3, -0.25) is 9.89 Å². The number of rotatable bonds is 4. The van der Waals surface area contributed by atoms with Crippen molar-refractivity contribution >= 4 is 17.3 Å². The van der Waals surface area contributed by atoms with Crippen LogP contribution in [-0.2, 0) is 13.0 Å². The third-order valence-electron chi connectivity index (χ3n) is 4.43. The Morgan fingerprint density at radius 2 is 2.40 bits per heavy atom. The van der Waals surface area contributed by atoms with E-state index < -0.39 is 0 Å². The van der Waals surface area contributed by atoms with Crippen LogP contribution in [0.15, 0.2) is 16.4 Å². The zero-order valence-electron chi connectivity index (χ0n) is 12.4. The van der Waals surface area contributed by atoms with Crippen LogP contribution in [0.1, 0.15) is 30.2 Å². The SMILES string of the molecule is CC(CN=C(N)N(C)C1CC1)N1CCc2sccc2C1. The van der Waals surface area contributed by atoms with Crippen LogP contribution in [0, 0.1) is 0 Å². The van der Waals surface area contributed by atoms with Crippen molar-refractivity contribution in [3.05, 3.63) is 21.9 Å². The fourth-order valence-electron chi connectivity index (χ4n) is 2.75. The van der Waals surface area contributed by atoms with E-state index in [0.717, 1.165) is 19.6 Å². The minimum absolute atomic E-state index is 0.453. The molecule has 1 fully saturated rings. The lowest BCUT2D eigenvalue weighted by Crippen LogP contribution is -2.40. The molecule has 1 aliphatic heterocycles. The summed E-state index contributed by atoms with van der Waals surface area (Å²) in [5.41, 5.74) is 7.56. The van der Waals surface area contributed by atoms with Crippen LogP contribution in [0.25, 0.3) is 0 Å². The van der Waals surface area contributed by atoms with Gasteiger partial charge in [-0.15, -0.1) is 11.3 Å². The fourth-order valence-corrected chi connectivity index (χ4v) is 3.64. The number of aliphatic imine (C=N–C) groups is 1. The molecule has 3 rings (SSSR count). The molecule has 110 valence electrons. The summed E-state index contributed by atoms with van der Waals surface area (Å²) in [5, 5.41) is 2.21. The monoisotopic (exact) mass is 292 g/mol. The predicted octanol–water partition coefficient (Wildman–Crippen LogP) is 1.90. The largest absolute Gasteiger partial charge is 0.370 e. The normalized spacial score (nSPS) is 21.6. The van der Waals surface area contributed by atoms with Crippen molar-refractivity contribution in [2.24, 2.45) is 10.7 Å². The van der Waals surface area contributed by atoms with E-state index in [0.29, 0.717) is 18.0 Å². The third kappa shape index (κ3) is 2.99. The zero-order valence-corrected chi connectivity index (χ0v) is 13.2. The van der Waals surface area contributed by atoms with Crippen LogP contribution in [0.3, 0.4) is 0 Å². The molecule has 2 heterocycles. The summed E-state index contributed by atoms with van der Waals surface area (Å²) in [4.78, 5) is 10.8. The van der Waals surface area contributed by atoms with Crippen molar-refractivity contribution in [1.82, 2.24) is 9.80 Å². The van der Waals surface area contributed by atoms with Gasteiger partial charge in [-0.05, 0) is 43.2 Å². The minimum atomic E-state index is 0.453. The van der Waals surface area contributed by atoms with Gasteiger partial charge in [0.25, 0.3) is 0 Å². The van der Waals surface area contributed by atoms with E-state index in [2.05, 4.69) is 40.2 Å². The van der Waals surface area contributed by atoms with Gasteiger partial charge < -0.3 is 10.6 Å². The molecule has 1 aliphatic carbocycles. The fraction of sp³-hybridized carbons (Fsp3) is 0.667. The Balaban J connectivity index is 1.54. The lowest BCUT2D eigenvalue weighted by Gasteiger charge is -2.31. The second-order valence-corrected chi connectivity index (χ2v) is 6.98. The van der Waals surface area contributed by atoms with E-state index in [1.54, 1.807) is 4.88 Å². The molecular formula is C15H24N4S. The van der Waals surface area contributed by atoms with Crippen molar-refractivity contribution < 1.29 is 0 Å². The van der Waals surface area contributed by atoms with Crippen molar-refractivity contribution in [3.8, 4) is 0 Å². The number of hydrogen-bond acceptors (Lipinski definition) is 3. The summed E-state index contributed by atoms with van der Waals surface area (Å²) in [6.45, 7) is 5.25. The molecule has 1 unspecified atom stereocenters. The zero-order chi connectivity index (χ0) is 14.1. The predicted molar refractivity (Wildman–Crippen MR) is 85.2 cm³/mol. The Kier molecular flexibility index (Phi) is 3.98. The van der Waals surface area contributed by atoms with E-state index in [4.69, 9.17) is 5.73 Å². The summed E-state index contributed by atoms with van der Waals surface area (Å²) in [5.74, 6) is 0.701. The van der Waals surface area contributed by atoms with Gasteiger partial charge in [0.2, 0.25) is 0 Å². The Bertz CT molecular complexity index is 492. The van der Waals surface area contributed by atoms with Crippen molar-refractivity contribution in [1.29, 1.82) is 0 Å². The molecule has 20 heavy (non-hydrogen) atoms. The summed E-state index contributed by atoms with van der Waals surface area (Å²) >= 11 is 1.89. The number of thiophene rings is 1. The van der Waals surface area contributed by atoms with Gasteiger partial charge >= 0.3 is 0 Å². The second kappa shape index (κ2) is 5.74. The molecule has 0 radical (unpaired) electrons. The van der Waals surface area contributed by atoms with Crippen molar-refractivity contribution in [3.63, 3.8) is 0 Å². The third-order valence-corrected chi connectivity index (χ3v) is 5.46. The minimum Gasteiger partial charge on any atom is -0.370 e. The first kappa shape index (κ1) is 13.9. The standard InChI is InChI=1S/C15H24N4S/c1-11(9-17-15(16)18(2)13-3-4-13)19-7-5-14-12(10-19)6-8-20-14/h6,8,11,13H,3-5,7,9-10H2,1-2H3,(H2,16,17). The van der Waals surface area contributed by atoms with E-state index in [1.165, 1.54) is 24.8 Å². The summed E-state index contributed by atoms with van der Waals surface area (Å²) in [6, 6.07) is 3.35. The van der Waals surface area contributed by atoms with E-state index >= 15 is 0 Å². The number of guanidine groups is 1. The Hall–Kier alpha value is -1.07. The first-order valence-electron chi connectivity index (χ1n) is 7.47. The van der Waals surface area contributed by atoms with E-state index in [9.17, 15) is 0 Å². The Morgan fingerprint density at radius 1 is 1.60 bits per heavy atom. The van der Waals surface area contributed by atoms with Gasteiger partial charge in [0.1, 0.15) is 0 Å². The quantitative estimate of drug-likeness (QED) is 0.681. The summed E-state index contributed by atoms with van der Waals surface area (Å²) in [7, 11) is 2.06. The van der Waals surface area contributed by atoms with Crippen LogP contribution < -0.4 is 5.73 Å². The molecule has 2 N–H and O–H groups in total. The van der Waals surface area contributed by atoms with Gasteiger partial charge in [0, 0.05) is 37.1 Å². The van der Waals surface area contributed by atoms with Gasteiger partial charge in [-0.2, -0.15) is 0 Å². The summed E-state index contributed by atoms with van der Waals surface area (Å²) < 4.78 is 0. The number of nitrogens with zero attached hydrogens (tertiary/aromatic N) is 3. The Morgan fingerprint density at radius 3 is 3.15 bits per heavy atom.